The lowest BCUT2D eigenvalue weighted by molar-refractivity contribution is 0.0936. The molecule has 1 heterocycles. The molecular formula is C15H19BrN4O. The van der Waals surface area contributed by atoms with Crippen LogP contribution in [-0.4, -0.2) is 26.9 Å². The number of amides is 1. The molecule has 2 aromatic rings. The van der Waals surface area contributed by atoms with E-state index in [4.69, 9.17) is 0 Å². The number of hydrogen-bond acceptors (Lipinski definition) is 3. The molecule has 0 saturated heterocycles. The van der Waals surface area contributed by atoms with E-state index >= 15 is 0 Å². The molecular weight excluding hydrogens is 332 g/mol. The summed E-state index contributed by atoms with van der Waals surface area (Å²) in [6.45, 7) is 7.90. The summed E-state index contributed by atoms with van der Waals surface area (Å²) in [7, 11) is 0. The summed E-state index contributed by atoms with van der Waals surface area (Å²) in [5, 5.41) is 11.1. The maximum absolute atomic E-state index is 12.2. The van der Waals surface area contributed by atoms with Gasteiger partial charge in [0.15, 0.2) is 5.69 Å². The van der Waals surface area contributed by atoms with Crippen LogP contribution in [0.5, 0.6) is 0 Å². The largest absolute Gasteiger partial charge is 0.348 e. The molecule has 1 amide bonds. The molecule has 0 aliphatic carbocycles. The highest BCUT2D eigenvalue weighted by molar-refractivity contribution is 9.10. The maximum Gasteiger partial charge on any atom is 0.273 e. The normalized spacial score (nSPS) is 11.2. The topological polar surface area (TPSA) is 59.8 Å². The van der Waals surface area contributed by atoms with Gasteiger partial charge in [0.05, 0.1) is 11.4 Å². The molecule has 1 N–H and O–H groups in total. The lowest BCUT2D eigenvalue weighted by Gasteiger charge is -2.12. The second-order valence-electron chi connectivity index (χ2n) is 5.49. The van der Waals surface area contributed by atoms with E-state index in [0.717, 1.165) is 15.9 Å². The van der Waals surface area contributed by atoms with Gasteiger partial charge in [0.25, 0.3) is 5.91 Å². The first-order valence-electron chi connectivity index (χ1n) is 6.92. The van der Waals surface area contributed by atoms with Crippen LogP contribution in [0.2, 0.25) is 0 Å². The number of carbonyl (C=O) groups excluding carboxylic acids is 1. The molecule has 112 valence electrons. The van der Waals surface area contributed by atoms with Crippen molar-refractivity contribution >= 4 is 21.8 Å². The first kappa shape index (κ1) is 15.7. The average molecular weight is 351 g/mol. The molecule has 0 aliphatic heterocycles. The average Bonchev–Trinajstić information content (AvgIpc) is 2.83. The Morgan fingerprint density at radius 2 is 1.81 bits per heavy atom. The van der Waals surface area contributed by atoms with Crippen molar-refractivity contribution in [2.75, 3.05) is 0 Å². The molecule has 0 bridgehead atoms. The minimum atomic E-state index is -0.183. The van der Waals surface area contributed by atoms with Gasteiger partial charge < -0.3 is 5.32 Å². The van der Waals surface area contributed by atoms with E-state index in [9.17, 15) is 4.79 Å². The van der Waals surface area contributed by atoms with Crippen molar-refractivity contribution < 1.29 is 4.79 Å². The number of aromatic nitrogens is 3. The Morgan fingerprint density at radius 1 is 1.19 bits per heavy atom. The predicted molar refractivity (Wildman–Crippen MR) is 85.8 cm³/mol. The highest BCUT2D eigenvalue weighted by Gasteiger charge is 2.23. The van der Waals surface area contributed by atoms with Gasteiger partial charge >= 0.3 is 0 Å². The Labute approximate surface area is 132 Å². The SMILES string of the molecule is CC(C)NC(=O)c1nnn(-c2ccc(Br)cc2)c1C(C)C. The second kappa shape index (κ2) is 6.39. The molecule has 0 atom stereocenters. The predicted octanol–water partition coefficient (Wildman–Crippen LogP) is 3.29. The van der Waals surface area contributed by atoms with Crippen LogP contribution < -0.4 is 5.32 Å². The number of nitrogens with zero attached hydrogens (tertiary/aromatic N) is 3. The highest BCUT2D eigenvalue weighted by atomic mass is 79.9. The van der Waals surface area contributed by atoms with Crippen molar-refractivity contribution in [3.8, 4) is 5.69 Å². The van der Waals surface area contributed by atoms with Gasteiger partial charge in [-0.15, -0.1) is 5.10 Å². The van der Waals surface area contributed by atoms with Crippen molar-refractivity contribution in [1.82, 2.24) is 20.3 Å². The van der Waals surface area contributed by atoms with Crippen molar-refractivity contribution in [3.05, 3.63) is 40.1 Å². The molecule has 0 radical (unpaired) electrons. The zero-order valence-corrected chi connectivity index (χ0v) is 14.2. The van der Waals surface area contributed by atoms with Gasteiger partial charge in [-0.05, 0) is 44.0 Å². The first-order valence-corrected chi connectivity index (χ1v) is 7.72. The Bertz CT molecular complexity index is 632. The van der Waals surface area contributed by atoms with Crippen LogP contribution in [0, 0.1) is 0 Å². The molecule has 2 rings (SSSR count). The van der Waals surface area contributed by atoms with Crippen molar-refractivity contribution in [3.63, 3.8) is 0 Å². The fourth-order valence-electron chi connectivity index (χ4n) is 2.07. The third-order valence-corrected chi connectivity index (χ3v) is 3.49. The monoisotopic (exact) mass is 350 g/mol. The summed E-state index contributed by atoms with van der Waals surface area (Å²) < 4.78 is 2.72. The Balaban J connectivity index is 2.46. The maximum atomic E-state index is 12.2. The Hall–Kier alpha value is -1.69. The Morgan fingerprint density at radius 3 is 2.33 bits per heavy atom. The molecule has 0 unspecified atom stereocenters. The molecule has 21 heavy (non-hydrogen) atoms. The zero-order chi connectivity index (χ0) is 15.6. The fourth-order valence-corrected chi connectivity index (χ4v) is 2.34. The van der Waals surface area contributed by atoms with E-state index in [-0.39, 0.29) is 17.9 Å². The van der Waals surface area contributed by atoms with Gasteiger partial charge in [-0.1, -0.05) is 35.0 Å². The van der Waals surface area contributed by atoms with Crippen LogP contribution in [0.3, 0.4) is 0 Å². The van der Waals surface area contributed by atoms with Crippen LogP contribution in [0.4, 0.5) is 0 Å². The summed E-state index contributed by atoms with van der Waals surface area (Å²) >= 11 is 3.41. The molecule has 6 heteroatoms. The van der Waals surface area contributed by atoms with Crippen LogP contribution in [0.15, 0.2) is 28.7 Å². The molecule has 0 spiro atoms. The summed E-state index contributed by atoms with van der Waals surface area (Å²) in [4.78, 5) is 12.2. The van der Waals surface area contributed by atoms with Gasteiger partial charge in [-0.3, -0.25) is 4.79 Å². The number of halogens is 1. The van der Waals surface area contributed by atoms with E-state index in [2.05, 4.69) is 31.6 Å². The number of nitrogens with one attached hydrogen (secondary N) is 1. The first-order chi connectivity index (χ1) is 9.90. The van der Waals surface area contributed by atoms with Gasteiger partial charge in [-0.25, -0.2) is 4.68 Å². The fraction of sp³-hybridized carbons (Fsp3) is 0.400. The smallest absolute Gasteiger partial charge is 0.273 e. The van der Waals surface area contributed by atoms with Gasteiger partial charge in [0, 0.05) is 10.5 Å². The van der Waals surface area contributed by atoms with Crippen molar-refractivity contribution in [2.24, 2.45) is 0 Å². The second-order valence-corrected chi connectivity index (χ2v) is 6.41. The van der Waals surface area contributed by atoms with Crippen LogP contribution in [0.25, 0.3) is 5.69 Å². The minimum absolute atomic E-state index is 0.0651. The lowest BCUT2D eigenvalue weighted by Crippen LogP contribution is -2.31. The van der Waals surface area contributed by atoms with Crippen molar-refractivity contribution in [1.29, 1.82) is 0 Å². The summed E-state index contributed by atoms with van der Waals surface area (Å²) in [6.07, 6.45) is 0. The molecule has 0 aliphatic rings. The molecule has 1 aromatic heterocycles. The van der Waals surface area contributed by atoms with Crippen LogP contribution >= 0.6 is 15.9 Å². The van der Waals surface area contributed by atoms with E-state index < -0.39 is 0 Å². The third kappa shape index (κ3) is 3.50. The standard InChI is InChI=1S/C15H19BrN4O/c1-9(2)14-13(15(21)17-10(3)4)18-19-20(14)12-7-5-11(16)6-8-12/h5-10H,1-4H3,(H,17,21). The molecule has 0 saturated carbocycles. The molecule has 5 nitrogen and oxygen atoms in total. The van der Waals surface area contributed by atoms with E-state index in [1.165, 1.54) is 0 Å². The third-order valence-electron chi connectivity index (χ3n) is 2.96. The van der Waals surface area contributed by atoms with E-state index in [1.807, 2.05) is 52.0 Å². The van der Waals surface area contributed by atoms with Crippen LogP contribution in [0.1, 0.15) is 49.8 Å². The number of benzene rings is 1. The zero-order valence-electron chi connectivity index (χ0n) is 12.6. The Kier molecular flexibility index (Phi) is 4.77. The van der Waals surface area contributed by atoms with E-state index in [1.54, 1.807) is 4.68 Å². The molecule has 1 aromatic carbocycles. The summed E-state index contributed by atoms with van der Waals surface area (Å²) in [5.41, 5.74) is 2.09. The molecule has 0 fully saturated rings. The lowest BCUT2D eigenvalue weighted by atomic mass is 10.1. The minimum Gasteiger partial charge on any atom is -0.348 e. The quantitative estimate of drug-likeness (QED) is 0.920. The summed E-state index contributed by atoms with van der Waals surface area (Å²) in [6, 6.07) is 7.82. The number of carbonyl (C=O) groups is 1. The van der Waals surface area contributed by atoms with Gasteiger partial charge in [0.1, 0.15) is 0 Å². The number of rotatable bonds is 4. The van der Waals surface area contributed by atoms with Crippen LogP contribution in [-0.2, 0) is 0 Å². The van der Waals surface area contributed by atoms with Crippen molar-refractivity contribution in [2.45, 2.75) is 39.7 Å². The van der Waals surface area contributed by atoms with Gasteiger partial charge in [-0.2, -0.15) is 0 Å². The summed E-state index contributed by atoms with van der Waals surface area (Å²) in [5.74, 6) is -0.0476. The van der Waals surface area contributed by atoms with Gasteiger partial charge in [0.2, 0.25) is 0 Å². The highest BCUT2D eigenvalue weighted by Crippen LogP contribution is 2.22. The number of hydrogen-bond donors (Lipinski definition) is 1. The van der Waals surface area contributed by atoms with E-state index in [0.29, 0.717) is 5.69 Å².